The minimum absolute atomic E-state index is 0.00336. The lowest BCUT2D eigenvalue weighted by Gasteiger charge is -2.40. The number of cyclic esters (lactones) is 1. The molecule has 152 valence electrons. The summed E-state index contributed by atoms with van der Waals surface area (Å²) in [4.78, 5) is 27.8. The molecule has 7 nitrogen and oxygen atoms in total. The molecule has 2 aliphatic rings. The second-order valence-corrected chi connectivity index (χ2v) is 9.76. The zero-order valence-electron chi connectivity index (χ0n) is 16.2. The summed E-state index contributed by atoms with van der Waals surface area (Å²) in [5.74, 6) is -0.947. The van der Waals surface area contributed by atoms with Crippen LogP contribution in [0.2, 0.25) is 0 Å². The molecule has 0 unspecified atom stereocenters. The lowest BCUT2D eigenvalue weighted by molar-refractivity contribution is -0.129. The van der Waals surface area contributed by atoms with E-state index in [4.69, 9.17) is 4.74 Å². The van der Waals surface area contributed by atoms with E-state index < -0.39 is 21.5 Å². The highest BCUT2D eigenvalue weighted by Crippen LogP contribution is 2.30. The first-order chi connectivity index (χ1) is 13.2. The zero-order valence-corrected chi connectivity index (χ0v) is 17.0. The maximum Gasteiger partial charge on any atom is 0.410 e. The Morgan fingerprint density at radius 3 is 2.43 bits per heavy atom. The van der Waals surface area contributed by atoms with Gasteiger partial charge in [0.2, 0.25) is 5.91 Å². The molecule has 8 heteroatoms. The third kappa shape index (κ3) is 4.73. The van der Waals surface area contributed by atoms with Gasteiger partial charge in [-0.25, -0.2) is 13.2 Å². The molecule has 28 heavy (non-hydrogen) atoms. The molecule has 0 radical (unpaired) electrons. The highest BCUT2D eigenvalue weighted by atomic mass is 32.2. The molecule has 2 aliphatic heterocycles. The molecule has 2 fully saturated rings. The van der Waals surface area contributed by atoms with Gasteiger partial charge in [0.1, 0.15) is 12.4 Å². The topological polar surface area (TPSA) is 84.0 Å². The van der Waals surface area contributed by atoms with Gasteiger partial charge in [0.25, 0.3) is 0 Å². The monoisotopic (exact) mass is 406 g/mol. The fourth-order valence-electron chi connectivity index (χ4n) is 3.70. The number of ether oxygens (including phenoxy) is 1. The summed E-state index contributed by atoms with van der Waals surface area (Å²) >= 11 is 0. The van der Waals surface area contributed by atoms with Crippen LogP contribution in [0.5, 0.6) is 0 Å². The van der Waals surface area contributed by atoms with Crippen LogP contribution in [-0.4, -0.2) is 67.2 Å². The van der Waals surface area contributed by atoms with E-state index in [9.17, 15) is 18.0 Å². The third-order valence-corrected chi connectivity index (χ3v) is 6.37. The third-order valence-electron chi connectivity index (χ3n) is 5.17. The number of hydrogen-bond acceptors (Lipinski definition) is 5. The number of hydrogen-bond donors (Lipinski definition) is 0. The Labute approximate surface area is 165 Å². The molecule has 0 atom stereocenters. The number of amides is 2. The van der Waals surface area contributed by atoms with Crippen LogP contribution in [0.4, 0.5) is 4.79 Å². The molecule has 0 spiro atoms. The van der Waals surface area contributed by atoms with Gasteiger partial charge in [0.05, 0.1) is 5.54 Å². The first-order valence-electron chi connectivity index (χ1n) is 9.38. The second kappa shape index (κ2) is 7.95. The average molecular weight is 407 g/mol. The highest BCUT2D eigenvalue weighted by Gasteiger charge is 2.44. The number of carbonyl (C=O) groups is 2. The van der Waals surface area contributed by atoms with E-state index in [1.807, 2.05) is 32.0 Å². The van der Waals surface area contributed by atoms with Gasteiger partial charge in [-0.05, 0) is 38.3 Å². The summed E-state index contributed by atoms with van der Waals surface area (Å²) in [5, 5.41) is 1.09. The van der Waals surface area contributed by atoms with Gasteiger partial charge in [-0.3, -0.25) is 9.69 Å². The Hall–Kier alpha value is -2.35. The maximum atomic E-state index is 12.5. The van der Waals surface area contributed by atoms with Crippen LogP contribution in [0.15, 0.2) is 35.7 Å². The molecule has 2 heterocycles. The molecule has 0 aliphatic carbocycles. The van der Waals surface area contributed by atoms with Crippen LogP contribution in [-0.2, 0) is 19.4 Å². The summed E-state index contributed by atoms with van der Waals surface area (Å²) in [6.07, 6.45) is 2.41. The van der Waals surface area contributed by atoms with Crippen molar-refractivity contribution in [2.24, 2.45) is 0 Å². The van der Waals surface area contributed by atoms with Crippen LogP contribution in [0.25, 0.3) is 6.08 Å². The van der Waals surface area contributed by atoms with E-state index in [0.717, 1.165) is 11.0 Å². The number of rotatable bonds is 5. The van der Waals surface area contributed by atoms with E-state index in [1.165, 1.54) is 6.08 Å². The van der Waals surface area contributed by atoms with Gasteiger partial charge in [-0.15, -0.1) is 0 Å². The van der Waals surface area contributed by atoms with E-state index >= 15 is 0 Å². The number of carbonyl (C=O) groups excluding carboxylic acids is 2. The van der Waals surface area contributed by atoms with Crippen molar-refractivity contribution in [2.45, 2.75) is 38.3 Å². The first kappa shape index (κ1) is 20.4. The van der Waals surface area contributed by atoms with Crippen LogP contribution in [0.1, 0.15) is 32.3 Å². The smallest absolute Gasteiger partial charge is 0.410 e. The summed E-state index contributed by atoms with van der Waals surface area (Å²) < 4.78 is 29.7. The van der Waals surface area contributed by atoms with Crippen LogP contribution in [0, 0.1) is 0 Å². The molecule has 3 rings (SSSR count). The van der Waals surface area contributed by atoms with E-state index in [2.05, 4.69) is 0 Å². The summed E-state index contributed by atoms with van der Waals surface area (Å²) in [5.41, 5.74) is 0.402. The van der Waals surface area contributed by atoms with Crippen molar-refractivity contribution in [1.82, 2.24) is 9.80 Å². The van der Waals surface area contributed by atoms with Gasteiger partial charge < -0.3 is 9.64 Å². The van der Waals surface area contributed by atoms with Crippen LogP contribution >= 0.6 is 0 Å². The molecular weight excluding hydrogens is 380 g/mol. The summed E-state index contributed by atoms with van der Waals surface area (Å²) in [6.45, 7) is 5.14. The Morgan fingerprint density at radius 1 is 1.21 bits per heavy atom. The quantitative estimate of drug-likeness (QED) is 0.749. The Balaban J connectivity index is 1.55. The number of benzene rings is 1. The Morgan fingerprint density at radius 2 is 1.86 bits per heavy atom. The number of sulfone groups is 1. The molecule has 0 bridgehead atoms. The standard InChI is InChI=1S/C20H26N2O5S/c1-20(2)15-27-19(24)22(20)17-8-11-21(12-9-17)18(23)14-28(25,26)13-10-16-6-4-3-5-7-16/h3-7,10,13,17H,8-9,11-12,14-15H2,1-2H3. The number of nitrogens with zero attached hydrogens (tertiary/aromatic N) is 2. The number of likely N-dealkylation sites (tertiary alicyclic amines) is 1. The van der Waals surface area contributed by atoms with E-state index in [-0.39, 0.29) is 17.7 Å². The van der Waals surface area contributed by atoms with Gasteiger partial charge in [0.15, 0.2) is 9.84 Å². The average Bonchev–Trinajstić information content (AvgIpc) is 2.93. The first-order valence-corrected chi connectivity index (χ1v) is 11.1. The predicted octanol–water partition coefficient (Wildman–Crippen LogP) is 2.29. The molecule has 0 aromatic heterocycles. The molecule has 1 aromatic carbocycles. The zero-order chi connectivity index (χ0) is 20.4. The Kier molecular flexibility index (Phi) is 5.79. The second-order valence-electron chi connectivity index (χ2n) is 7.87. The maximum absolute atomic E-state index is 12.5. The molecule has 2 saturated heterocycles. The van der Waals surface area contributed by atoms with E-state index in [0.29, 0.717) is 32.5 Å². The van der Waals surface area contributed by atoms with Gasteiger partial charge in [0, 0.05) is 24.5 Å². The van der Waals surface area contributed by atoms with Crippen LogP contribution < -0.4 is 0 Å². The minimum atomic E-state index is -3.64. The van der Waals surface area contributed by atoms with Crippen molar-refractivity contribution in [3.63, 3.8) is 0 Å². The van der Waals surface area contributed by atoms with Crippen molar-refractivity contribution < 1.29 is 22.7 Å². The molecule has 2 amide bonds. The van der Waals surface area contributed by atoms with Crippen molar-refractivity contribution in [2.75, 3.05) is 25.4 Å². The normalized spacial score (nSPS) is 20.6. The largest absolute Gasteiger partial charge is 0.447 e. The van der Waals surface area contributed by atoms with Gasteiger partial charge in [-0.1, -0.05) is 30.3 Å². The highest BCUT2D eigenvalue weighted by molar-refractivity contribution is 7.95. The van der Waals surface area contributed by atoms with E-state index in [1.54, 1.807) is 21.9 Å². The van der Waals surface area contributed by atoms with Crippen molar-refractivity contribution in [3.05, 3.63) is 41.3 Å². The lowest BCUT2D eigenvalue weighted by Crippen LogP contribution is -2.53. The van der Waals surface area contributed by atoms with Crippen molar-refractivity contribution in [1.29, 1.82) is 0 Å². The lowest BCUT2D eigenvalue weighted by atomic mass is 9.97. The van der Waals surface area contributed by atoms with Crippen molar-refractivity contribution in [3.8, 4) is 0 Å². The Bertz CT molecular complexity index is 856. The summed E-state index contributed by atoms with van der Waals surface area (Å²) in [6, 6.07) is 9.08. The van der Waals surface area contributed by atoms with Crippen molar-refractivity contribution >= 4 is 27.9 Å². The molecule has 1 aromatic rings. The number of piperidine rings is 1. The fourth-order valence-corrected chi connectivity index (χ4v) is 4.69. The molecule has 0 saturated carbocycles. The minimum Gasteiger partial charge on any atom is -0.447 e. The SMILES string of the molecule is CC1(C)COC(=O)N1C1CCN(C(=O)CS(=O)(=O)C=Cc2ccccc2)CC1. The van der Waals surface area contributed by atoms with Crippen LogP contribution in [0.3, 0.4) is 0 Å². The fraction of sp³-hybridized carbons (Fsp3) is 0.500. The predicted molar refractivity (Wildman–Crippen MR) is 106 cm³/mol. The summed E-state index contributed by atoms with van der Waals surface area (Å²) in [7, 11) is -3.64. The van der Waals surface area contributed by atoms with Gasteiger partial charge in [-0.2, -0.15) is 0 Å². The molecular formula is C20H26N2O5S. The van der Waals surface area contributed by atoms with Gasteiger partial charge >= 0.3 is 6.09 Å². The molecule has 0 N–H and O–H groups in total.